The van der Waals surface area contributed by atoms with Gasteiger partial charge < -0.3 is 23.5 Å². The van der Waals surface area contributed by atoms with Gasteiger partial charge in [0.25, 0.3) is 0 Å². The van der Waals surface area contributed by atoms with E-state index in [-0.39, 0.29) is 19.4 Å². The number of hydrogen-bond donors (Lipinski definition) is 0. The van der Waals surface area contributed by atoms with Crippen molar-refractivity contribution in [2.24, 2.45) is 0 Å². The van der Waals surface area contributed by atoms with Gasteiger partial charge in [-0.25, -0.2) is 4.39 Å². The monoisotopic (exact) mass is 590 g/mol. The molecule has 0 bridgehead atoms. The normalized spacial score (nSPS) is 13.2. The number of unbranched alkanes of at least 4 members (excludes halogenated alkanes) is 1. The van der Waals surface area contributed by atoms with Crippen LogP contribution in [0.4, 0.5) is 4.39 Å². The fourth-order valence-corrected chi connectivity index (χ4v) is 6.03. The highest BCUT2D eigenvalue weighted by molar-refractivity contribution is 5.75. The van der Waals surface area contributed by atoms with Crippen LogP contribution in [0.15, 0.2) is 97.1 Å². The van der Waals surface area contributed by atoms with Crippen molar-refractivity contribution in [3.63, 3.8) is 0 Å². The fraction of sp³-hybridized carbons (Fsp3) is 0.243. The van der Waals surface area contributed by atoms with Crippen LogP contribution in [0.2, 0.25) is 0 Å². The third kappa shape index (κ3) is 5.88. The number of hydrogen-bond acceptors (Lipinski definition) is 5. The van der Waals surface area contributed by atoms with E-state index in [1.165, 1.54) is 11.4 Å². The first-order valence-electron chi connectivity index (χ1n) is 15.2. The van der Waals surface area contributed by atoms with Crippen molar-refractivity contribution >= 4 is 0 Å². The number of halogens is 1. The largest absolute Gasteiger partial charge is 0.454 e. The number of benzene rings is 4. The SMILES string of the molecule is CCCCn1c(-c2ccccc2)cc(-c2ccc(F)cc2)c1CN(Cc1ccc2c(c1)OCO2)Cc1ccc2c(c1)OCO2. The molecular weight excluding hydrogens is 555 g/mol. The maximum atomic E-state index is 14.1. The predicted molar refractivity (Wildman–Crippen MR) is 168 cm³/mol. The van der Waals surface area contributed by atoms with Crippen LogP contribution in [0.25, 0.3) is 22.4 Å². The van der Waals surface area contributed by atoms with E-state index in [0.29, 0.717) is 19.6 Å². The predicted octanol–water partition coefficient (Wildman–Crippen LogP) is 8.42. The van der Waals surface area contributed by atoms with Gasteiger partial charge in [-0.15, -0.1) is 0 Å². The molecule has 0 aliphatic carbocycles. The van der Waals surface area contributed by atoms with Gasteiger partial charge in [-0.3, -0.25) is 4.90 Å². The highest BCUT2D eigenvalue weighted by Gasteiger charge is 2.23. The molecule has 3 heterocycles. The van der Waals surface area contributed by atoms with Crippen molar-refractivity contribution in [2.75, 3.05) is 13.6 Å². The molecule has 4 aromatic carbocycles. The lowest BCUT2D eigenvalue weighted by Gasteiger charge is -2.25. The average Bonchev–Trinajstić information content (AvgIpc) is 3.79. The summed E-state index contributed by atoms with van der Waals surface area (Å²) in [7, 11) is 0. The van der Waals surface area contributed by atoms with Gasteiger partial charge in [0.1, 0.15) is 5.82 Å². The van der Waals surface area contributed by atoms with E-state index in [9.17, 15) is 4.39 Å². The van der Waals surface area contributed by atoms with Gasteiger partial charge in [-0.05, 0) is 71.1 Å². The summed E-state index contributed by atoms with van der Waals surface area (Å²) in [5.74, 6) is 2.85. The van der Waals surface area contributed by atoms with E-state index in [0.717, 1.165) is 70.2 Å². The Hall–Kier alpha value is -4.75. The van der Waals surface area contributed by atoms with Crippen LogP contribution < -0.4 is 18.9 Å². The summed E-state index contributed by atoms with van der Waals surface area (Å²) in [6.07, 6.45) is 2.13. The van der Waals surface area contributed by atoms with Crippen molar-refractivity contribution in [2.45, 2.75) is 45.9 Å². The Kier molecular flexibility index (Phi) is 7.95. The van der Waals surface area contributed by atoms with Gasteiger partial charge in [-0.2, -0.15) is 0 Å². The van der Waals surface area contributed by atoms with Crippen molar-refractivity contribution in [3.8, 4) is 45.4 Å². The lowest BCUT2D eigenvalue weighted by atomic mass is 10.0. The number of nitrogens with zero attached hydrogens (tertiary/aromatic N) is 2. The van der Waals surface area contributed by atoms with Crippen LogP contribution in [-0.4, -0.2) is 23.1 Å². The molecule has 2 aliphatic heterocycles. The van der Waals surface area contributed by atoms with Crippen molar-refractivity contribution in [3.05, 3.63) is 120 Å². The second-order valence-electron chi connectivity index (χ2n) is 11.3. The van der Waals surface area contributed by atoms with Crippen molar-refractivity contribution in [1.29, 1.82) is 0 Å². The second kappa shape index (κ2) is 12.5. The molecule has 44 heavy (non-hydrogen) atoms. The lowest BCUT2D eigenvalue weighted by molar-refractivity contribution is 0.173. The maximum Gasteiger partial charge on any atom is 0.231 e. The molecule has 1 aromatic heterocycles. The van der Waals surface area contributed by atoms with Crippen LogP contribution in [0.1, 0.15) is 36.6 Å². The van der Waals surface area contributed by atoms with Crippen molar-refractivity contribution in [1.82, 2.24) is 9.47 Å². The molecule has 0 N–H and O–H groups in total. The smallest absolute Gasteiger partial charge is 0.231 e. The summed E-state index contributed by atoms with van der Waals surface area (Å²) in [5, 5.41) is 0. The van der Waals surface area contributed by atoms with Gasteiger partial charge >= 0.3 is 0 Å². The van der Waals surface area contributed by atoms with Gasteiger partial charge in [0, 0.05) is 43.1 Å². The molecule has 0 atom stereocenters. The van der Waals surface area contributed by atoms with Crippen LogP contribution >= 0.6 is 0 Å². The third-order valence-corrected chi connectivity index (χ3v) is 8.23. The molecule has 6 nitrogen and oxygen atoms in total. The van der Waals surface area contributed by atoms with Crippen LogP contribution in [-0.2, 0) is 26.2 Å². The van der Waals surface area contributed by atoms with E-state index in [2.05, 4.69) is 71.0 Å². The zero-order chi connectivity index (χ0) is 29.9. The van der Waals surface area contributed by atoms with Gasteiger partial charge in [0.2, 0.25) is 13.6 Å². The van der Waals surface area contributed by atoms with E-state index in [4.69, 9.17) is 18.9 Å². The topological polar surface area (TPSA) is 45.1 Å². The molecule has 2 aliphatic rings. The average molecular weight is 591 g/mol. The van der Waals surface area contributed by atoms with Gasteiger partial charge in [0.05, 0.1) is 0 Å². The van der Waals surface area contributed by atoms with E-state index >= 15 is 0 Å². The quantitative estimate of drug-likeness (QED) is 0.155. The van der Waals surface area contributed by atoms with E-state index in [1.807, 2.05) is 30.3 Å². The van der Waals surface area contributed by atoms with Crippen LogP contribution in [0, 0.1) is 5.82 Å². The summed E-state index contributed by atoms with van der Waals surface area (Å²) in [6, 6.07) is 32.0. The minimum atomic E-state index is -0.240. The first-order valence-corrected chi connectivity index (χ1v) is 15.2. The fourth-order valence-electron chi connectivity index (χ4n) is 6.03. The van der Waals surface area contributed by atoms with Gasteiger partial charge in [0.15, 0.2) is 23.0 Å². The summed E-state index contributed by atoms with van der Waals surface area (Å²) in [4.78, 5) is 2.44. The summed E-state index contributed by atoms with van der Waals surface area (Å²) < 4.78 is 39.1. The minimum Gasteiger partial charge on any atom is -0.454 e. The van der Waals surface area contributed by atoms with Gasteiger partial charge in [-0.1, -0.05) is 67.9 Å². The molecular formula is C37H35FN2O4. The Balaban J connectivity index is 1.32. The van der Waals surface area contributed by atoms with Crippen LogP contribution in [0.5, 0.6) is 23.0 Å². The highest BCUT2D eigenvalue weighted by Crippen LogP contribution is 2.37. The molecule has 0 unspecified atom stereocenters. The third-order valence-electron chi connectivity index (χ3n) is 8.23. The lowest BCUT2D eigenvalue weighted by Crippen LogP contribution is -2.24. The molecule has 0 saturated carbocycles. The summed E-state index contributed by atoms with van der Waals surface area (Å²) in [5.41, 5.74) is 7.91. The summed E-state index contributed by atoms with van der Waals surface area (Å²) in [6.45, 7) is 5.64. The standard InChI is InChI=1S/C37H35FN2O4/c1-2-3-17-40-32(29-7-5-4-6-8-29)20-31(28-11-13-30(38)14-12-28)33(40)23-39(21-26-9-15-34-36(18-26)43-24-41-34)22-27-10-16-35-37(19-27)44-25-42-35/h4-16,18-20H,2-3,17,21-25H2,1H3. The van der Waals surface area contributed by atoms with E-state index < -0.39 is 0 Å². The maximum absolute atomic E-state index is 14.1. The Labute approximate surface area is 257 Å². The number of aromatic nitrogens is 1. The molecule has 0 saturated heterocycles. The zero-order valence-electron chi connectivity index (χ0n) is 24.8. The molecule has 7 heteroatoms. The zero-order valence-corrected chi connectivity index (χ0v) is 24.8. The molecule has 5 aromatic rings. The Morgan fingerprint density at radius 2 is 1.27 bits per heavy atom. The van der Waals surface area contributed by atoms with Crippen molar-refractivity contribution < 1.29 is 23.3 Å². The molecule has 0 spiro atoms. The first-order chi connectivity index (χ1) is 21.6. The van der Waals surface area contributed by atoms with E-state index in [1.54, 1.807) is 12.1 Å². The summed E-state index contributed by atoms with van der Waals surface area (Å²) >= 11 is 0. The highest BCUT2D eigenvalue weighted by atomic mass is 19.1. The number of ether oxygens (including phenoxy) is 4. The number of rotatable bonds is 11. The Morgan fingerprint density at radius 1 is 0.659 bits per heavy atom. The Bertz CT molecular complexity index is 1690. The molecule has 224 valence electrons. The Morgan fingerprint density at radius 3 is 1.89 bits per heavy atom. The minimum absolute atomic E-state index is 0.240. The second-order valence-corrected chi connectivity index (χ2v) is 11.3. The molecule has 0 radical (unpaired) electrons. The number of fused-ring (bicyclic) bond motifs is 2. The van der Waals surface area contributed by atoms with Crippen LogP contribution in [0.3, 0.4) is 0 Å². The molecule has 7 rings (SSSR count). The molecule has 0 amide bonds. The first kappa shape index (κ1) is 28.0. The molecule has 0 fully saturated rings.